The highest BCUT2D eigenvalue weighted by atomic mass is 16.6. The Balaban J connectivity index is 1.82. The second-order valence-corrected chi connectivity index (χ2v) is 7.17. The van der Waals surface area contributed by atoms with Crippen molar-refractivity contribution < 1.29 is 14.5 Å². The number of rotatable bonds is 7. The van der Waals surface area contributed by atoms with E-state index in [9.17, 15) is 19.7 Å². The summed E-state index contributed by atoms with van der Waals surface area (Å²) in [7, 11) is 0. The van der Waals surface area contributed by atoms with E-state index in [4.69, 9.17) is 0 Å². The fourth-order valence-corrected chi connectivity index (χ4v) is 3.72. The van der Waals surface area contributed by atoms with Crippen molar-refractivity contribution in [2.45, 2.75) is 13.5 Å². The first kappa shape index (κ1) is 20.9. The van der Waals surface area contributed by atoms with Crippen LogP contribution in [-0.2, 0) is 16.1 Å². The molecule has 1 aliphatic rings. The molecule has 2 amide bonds. The van der Waals surface area contributed by atoms with Crippen molar-refractivity contribution >= 4 is 28.8 Å². The molecule has 1 aliphatic heterocycles. The standard InChI is InChI=1S/C24H20N4O4/c1-2-26(19-8-4-3-5-9-19)22-21(18-10-12-20(13-11-18)28(31)32)23(29)27(24(22)30)16-17-7-6-14-25-15-17/h3-15H,2,16H2,1H3. The van der Waals surface area contributed by atoms with Gasteiger partial charge in [-0.25, -0.2) is 0 Å². The van der Waals surface area contributed by atoms with Crippen molar-refractivity contribution in [3.63, 3.8) is 0 Å². The fraction of sp³-hybridized carbons (Fsp3) is 0.125. The molecular weight excluding hydrogens is 408 g/mol. The van der Waals surface area contributed by atoms with Crippen LogP contribution < -0.4 is 4.90 Å². The number of benzene rings is 2. The number of aromatic nitrogens is 1. The summed E-state index contributed by atoms with van der Waals surface area (Å²) in [5.41, 5.74) is 2.33. The molecule has 4 rings (SSSR count). The third kappa shape index (κ3) is 3.85. The third-order valence-corrected chi connectivity index (χ3v) is 5.23. The summed E-state index contributed by atoms with van der Waals surface area (Å²) < 4.78 is 0. The van der Waals surface area contributed by atoms with Gasteiger partial charge in [0.15, 0.2) is 0 Å². The largest absolute Gasteiger partial charge is 0.337 e. The van der Waals surface area contributed by atoms with E-state index in [0.717, 1.165) is 11.3 Å². The SMILES string of the molecule is CCN(C1=C(c2ccc([N+](=O)[O-])cc2)C(=O)N(Cc2cccnc2)C1=O)c1ccccc1. The third-order valence-electron chi connectivity index (χ3n) is 5.23. The quantitative estimate of drug-likeness (QED) is 0.323. The van der Waals surface area contributed by atoms with Gasteiger partial charge in [-0.2, -0.15) is 0 Å². The van der Waals surface area contributed by atoms with Crippen molar-refractivity contribution in [1.82, 2.24) is 9.88 Å². The molecule has 0 atom stereocenters. The number of carbonyl (C=O) groups excluding carboxylic acids is 2. The first-order chi connectivity index (χ1) is 15.5. The summed E-state index contributed by atoms with van der Waals surface area (Å²) in [6.07, 6.45) is 3.23. The Hall–Kier alpha value is -4.33. The molecule has 3 aromatic rings. The van der Waals surface area contributed by atoms with Crippen molar-refractivity contribution in [3.05, 3.63) is 106 Å². The molecule has 0 fully saturated rings. The van der Waals surface area contributed by atoms with Gasteiger partial charge >= 0.3 is 0 Å². The summed E-state index contributed by atoms with van der Waals surface area (Å²) in [4.78, 5) is 44.6. The van der Waals surface area contributed by atoms with Gasteiger partial charge in [0.2, 0.25) is 0 Å². The highest BCUT2D eigenvalue weighted by Crippen LogP contribution is 2.35. The number of nitrogens with zero attached hydrogens (tertiary/aromatic N) is 4. The van der Waals surface area contributed by atoms with E-state index < -0.39 is 16.7 Å². The Bertz CT molecular complexity index is 1190. The molecule has 160 valence electrons. The first-order valence-corrected chi connectivity index (χ1v) is 10.1. The Kier molecular flexibility index (Phi) is 5.76. The molecule has 0 aliphatic carbocycles. The maximum atomic E-state index is 13.5. The number of nitro benzene ring substituents is 1. The van der Waals surface area contributed by atoms with Crippen LogP contribution in [0.2, 0.25) is 0 Å². The van der Waals surface area contributed by atoms with Crippen LogP contribution in [0.25, 0.3) is 5.57 Å². The number of likely N-dealkylation sites (N-methyl/N-ethyl adjacent to an activating group) is 1. The van der Waals surface area contributed by atoms with Crippen molar-refractivity contribution in [1.29, 1.82) is 0 Å². The molecule has 0 saturated carbocycles. The number of nitro groups is 1. The molecule has 2 heterocycles. The van der Waals surface area contributed by atoms with Gasteiger partial charge in [0.1, 0.15) is 5.70 Å². The summed E-state index contributed by atoms with van der Waals surface area (Å²) in [5, 5.41) is 11.1. The van der Waals surface area contributed by atoms with Gasteiger partial charge in [0.25, 0.3) is 17.5 Å². The molecule has 8 heteroatoms. The van der Waals surface area contributed by atoms with Gasteiger partial charge in [-0.1, -0.05) is 24.3 Å². The molecule has 0 spiro atoms. The number of imide groups is 1. The molecule has 32 heavy (non-hydrogen) atoms. The average molecular weight is 428 g/mol. The lowest BCUT2D eigenvalue weighted by molar-refractivity contribution is -0.384. The van der Waals surface area contributed by atoms with Gasteiger partial charge in [-0.05, 0) is 48.4 Å². The molecule has 8 nitrogen and oxygen atoms in total. The minimum absolute atomic E-state index is 0.0812. The van der Waals surface area contributed by atoms with Crippen molar-refractivity contribution in [3.8, 4) is 0 Å². The summed E-state index contributed by atoms with van der Waals surface area (Å²) >= 11 is 0. The van der Waals surface area contributed by atoms with Crippen LogP contribution >= 0.6 is 0 Å². The van der Waals surface area contributed by atoms with E-state index in [1.807, 2.05) is 37.3 Å². The number of para-hydroxylation sites is 1. The fourth-order valence-electron chi connectivity index (χ4n) is 3.72. The van der Waals surface area contributed by atoms with E-state index in [0.29, 0.717) is 12.1 Å². The van der Waals surface area contributed by atoms with E-state index >= 15 is 0 Å². The van der Waals surface area contributed by atoms with E-state index in [-0.39, 0.29) is 23.5 Å². The topological polar surface area (TPSA) is 96.7 Å². The smallest absolute Gasteiger partial charge is 0.278 e. The normalized spacial score (nSPS) is 13.6. The Morgan fingerprint density at radius 2 is 1.69 bits per heavy atom. The lowest BCUT2D eigenvalue weighted by atomic mass is 10.0. The molecule has 2 aromatic carbocycles. The zero-order valence-electron chi connectivity index (χ0n) is 17.3. The summed E-state index contributed by atoms with van der Waals surface area (Å²) in [6.45, 7) is 2.43. The molecule has 0 radical (unpaired) electrons. The van der Waals surface area contributed by atoms with Crippen LogP contribution in [0.15, 0.2) is 84.8 Å². The molecule has 0 bridgehead atoms. The van der Waals surface area contributed by atoms with Crippen molar-refractivity contribution in [2.24, 2.45) is 0 Å². The van der Waals surface area contributed by atoms with Crippen LogP contribution in [0.4, 0.5) is 11.4 Å². The minimum atomic E-state index is -0.502. The van der Waals surface area contributed by atoms with Gasteiger partial charge in [-0.15, -0.1) is 0 Å². The molecule has 0 unspecified atom stereocenters. The van der Waals surface area contributed by atoms with E-state index in [1.165, 1.54) is 29.2 Å². The Labute approximate surface area is 184 Å². The zero-order valence-corrected chi connectivity index (χ0v) is 17.3. The van der Waals surface area contributed by atoms with E-state index in [1.54, 1.807) is 29.4 Å². The number of anilines is 1. The number of amides is 2. The van der Waals surface area contributed by atoms with Crippen LogP contribution in [0.5, 0.6) is 0 Å². The van der Waals surface area contributed by atoms with Gasteiger partial charge in [0, 0.05) is 36.8 Å². The monoisotopic (exact) mass is 428 g/mol. The lowest BCUT2D eigenvalue weighted by Gasteiger charge is -2.25. The van der Waals surface area contributed by atoms with Gasteiger partial charge in [-0.3, -0.25) is 29.6 Å². The maximum Gasteiger partial charge on any atom is 0.278 e. The first-order valence-electron chi connectivity index (χ1n) is 10.1. The van der Waals surface area contributed by atoms with Crippen molar-refractivity contribution in [2.75, 3.05) is 11.4 Å². The van der Waals surface area contributed by atoms with E-state index in [2.05, 4.69) is 4.98 Å². The predicted octanol–water partition coefficient (Wildman–Crippen LogP) is 3.80. The van der Waals surface area contributed by atoms with Crippen LogP contribution in [0.3, 0.4) is 0 Å². The van der Waals surface area contributed by atoms with Crippen LogP contribution in [0.1, 0.15) is 18.1 Å². The number of non-ortho nitro benzene ring substituents is 1. The Morgan fingerprint density at radius 1 is 0.969 bits per heavy atom. The minimum Gasteiger partial charge on any atom is -0.337 e. The number of hydrogen-bond acceptors (Lipinski definition) is 6. The molecular formula is C24H20N4O4. The zero-order chi connectivity index (χ0) is 22.7. The predicted molar refractivity (Wildman–Crippen MR) is 119 cm³/mol. The van der Waals surface area contributed by atoms with Crippen LogP contribution in [-0.4, -0.2) is 33.2 Å². The molecule has 1 aromatic heterocycles. The number of hydrogen-bond donors (Lipinski definition) is 0. The summed E-state index contributed by atoms with van der Waals surface area (Å²) in [6, 6.07) is 18.5. The second kappa shape index (κ2) is 8.81. The van der Waals surface area contributed by atoms with Crippen LogP contribution in [0, 0.1) is 10.1 Å². The number of carbonyl (C=O) groups is 2. The number of pyridine rings is 1. The molecule has 0 N–H and O–H groups in total. The highest BCUT2D eigenvalue weighted by molar-refractivity contribution is 6.36. The highest BCUT2D eigenvalue weighted by Gasteiger charge is 2.41. The van der Waals surface area contributed by atoms with Gasteiger partial charge in [0.05, 0.1) is 17.0 Å². The summed E-state index contributed by atoms with van der Waals surface area (Å²) in [5.74, 6) is -0.866. The maximum absolute atomic E-state index is 13.5. The second-order valence-electron chi connectivity index (χ2n) is 7.17. The molecule has 0 saturated heterocycles. The Morgan fingerprint density at radius 3 is 2.28 bits per heavy atom. The average Bonchev–Trinajstić information content (AvgIpc) is 3.06. The lowest BCUT2D eigenvalue weighted by Crippen LogP contribution is -2.34. The van der Waals surface area contributed by atoms with Gasteiger partial charge < -0.3 is 4.90 Å².